The molecule has 0 aromatic carbocycles. The first-order valence-electron chi connectivity index (χ1n) is 7.84. The van der Waals surface area contributed by atoms with E-state index < -0.39 is 36.5 Å². The molecule has 2 N–H and O–H groups in total. The number of esters is 2. The Kier molecular flexibility index (Phi) is 5.40. The van der Waals surface area contributed by atoms with Gasteiger partial charge in [-0.25, -0.2) is 0 Å². The molecule has 2 aromatic heterocycles. The van der Waals surface area contributed by atoms with Gasteiger partial charge in [-0.05, 0) is 0 Å². The number of anilines is 1. The molecular formula is C15H19N5O5Se. The second-order valence-corrected chi connectivity index (χ2v) is 7.66. The zero-order chi connectivity index (χ0) is 18.8. The minimum absolute atomic E-state index is 0.237. The summed E-state index contributed by atoms with van der Waals surface area (Å²) >= 11 is 0.266. The molecule has 0 bridgehead atoms. The van der Waals surface area contributed by atoms with Gasteiger partial charge in [-0.2, -0.15) is 0 Å². The summed E-state index contributed by atoms with van der Waals surface area (Å²) in [4.78, 5) is 35.5. The number of nitrogen functional groups attached to an aromatic ring is 1. The number of aromatic nitrogens is 4. The van der Waals surface area contributed by atoms with Crippen LogP contribution in [0.15, 0.2) is 12.7 Å². The number of ether oxygens (including phenoxy) is 3. The van der Waals surface area contributed by atoms with Crippen molar-refractivity contribution >= 4 is 43.9 Å². The van der Waals surface area contributed by atoms with Crippen LogP contribution in [0.1, 0.15) is 20.1 Å². The molecule has 1 aliphatic heterocycles. The van der Waals surface area contributed by atoms with Crippen LogP contribution in [-0.4, -0.2) is 64.7 Å². The van der Waals surface area contributed by atoms with Crippen molar-refractivity contribution in [3.63, 3.8) is 0 Å². The van der Waals surface area contributed by atoms with E-state index in [0.717, 1.165) is 0 Å². The molecule has 1 unspecified atom stereocenters. The number of hydrogen-bond acceptors (Lipinski definition) is 9. The average molecular weight is 428 g/mol. The number of imidazole rings is 1. The van der Waals surface area contributed by atoms with Gasteiger partial charge in [0.25, 0.3) is 0 Å². The summed E-state index contributed by atoms with van der Waals surface area (Å²) in [6.45, 7) is 2.61. The van der Waals surface area contributed by atoms with E-state index in [2.05, 4.69) is 20.8 Å². The second-order valence-electron chi connectivity index (χ2n) is 5.75. The van der Waals surface area contributed by atoms with Crippen LogP contribution in [0.4, 0.5) is 5.82 Å². The summed E-state index contributed by atoms with van der Waals surface area (Å²) in [6, 6.07) is 0. The summed E-state index contributed by atoms with van der Waals surface area (Å²) in [5, 5.41) is 0.697. The van der Waals surface area contributed by atoms with Crippen molar-refractivity contribution in [3.05, 3.63) is 12.7 Å². The fourth-order valence-corrected chi connectivity index (χ4v) is 4.19. The quantitative estimate of drug-likeness (QED) is 0.529. The Bertz CT molecular complexity index is 828. The maximum atomic E-state index is 11.6. The first-order chi connectivity index (χ1) is 12.4. The number of rotatable bonds is 5. The van der Waals surface area contributed by atoms with E-state index in [-0.39, 0.29) is 20.8 Å². The van der Waals surface area contributed by atoms with Crippen LogP contribution in [0.2, 0.25) is 11.1 Å². The predicted molar refractivity (Wildman–Crippen MR) is 91.2 cm³/mol. The molecule has 10 nitrogen and oxygen atoms in total. The maximum absolute atomic E-state index is 11.6. The van der Waals surface area contributed by atoms with E-state index in [1.165, 1.54) is 26.5 Å². The van der Waals surface area contributed by atoms with E-state index in [0.29, 0.717) is 16.5 Å². The van der Waals surface area contributed by atoms with Crippen LogP contribution >= 0.6 is 0 Å². The predicted octanol–water partition coefficient (Wildman–Crippen LogP) is 0.340. The molecule has 3 rings (SSSR count). The molecule has 0 amide bonds. The van der Waals surface area contributed by atoms with E-state index in [1.807, 2.05) is 0 Å². The van der Waals surface area contributed by atoms with Gasteiger partial charge in [-0.3, -0.25) is 0 Å². The normalized spacial score (nSPS) is 25.3. The van der Waals surface area contributed by atoms with Gasteiger partial charge < -0.3 is 0 Å². The van der Waals surface area contributed by atoms with Gasteiger partial charge in [-0.15, -0.1) is 0 Å². The molecule has 0 radical (unpaired) electrons. The van der Waals surface area contributed by atoms with E-state index in [9.17, 15) is 9.59 Å². The Labute approximate surface area is 155 Å². The molecule has 0 saturated carbocycles. The van der Waals surface area contributed by atoms with Crippen LogP contribution in [0.3, 0.4) is 0 Å². The minimum atomic E-state index is -0.822. The summed E-state index contributed by atoms with van der Waals surface area (Å²) in [5.74, 6) is 1.32. The van der Waals surface area contributed by atoms with E-state index in [1.54, 1.807) is 4.57 Å². The first kappa shape index (κ1) is 18.6. The fourth-order valence-electron chi connectivity index (χ4n) is 2.94. The zero-order valence-electron chi connectivity index (χ0n) is 14.5. The summed E-state index contributed by atoms with van der Waals surface area (Å²) in [6.07, 6.45) is 0.158. The van der Waals surface area contributed by atoms with Gasteiger partial charge >= 0.3 is 155 Å². The van der Waals surface area contributed by atoms with Gasteiger partial charge in [0.15, 0.2) is 0 Å². The van der Waals surface area contributed by atoms with Gasteiger partial charge in [0, 0.05) is 0 Å². The summed E-state index contributed by atoms with van der Waals surface area (Å²) in [5.41, 5.74) is 6.70. The Morgan fingerprint density at radius 3 is 2.58 bits per heavy atom. The number of carbonyl (C=O) groups excluding carboxylic acids is 2. The molecule has 1 fully saturated rings. The zero-order valence-corrected chi connectivity index (χ0v) is 16.2. The van der Waals surface area contributed by atoms with Crippen molar-refractivity contribution in [1.82, 2.24) is 19.5 Å². The van der Waals surface area contributed by atoms with Crippen LogP contribution in [-0.2, 0) is 23.8 Å². The van der Waals surface area contributed by atoms with Crippen molar-refractivity contribution < 1.29 is 23.8 Å². The van der Waals surface area contributed by atoms with Gasteiger partial charge in [0.05, 0.1) is 0 Å². The molecule has 11 heteroatoms. The number of fused-ring (bicyclic) bond motifs is 1. The van der Waals surface area contributed by atoms with Crippen molar-refractivity contribution in [2.24, 2.45) is 0 Å². The fraction of sp³-hybridized carbons (Fsp3) is 0.533. The van der Waals surface area contributed by atoms with Crippen LogP contribution in [0.5, 0.6) is 0 Å². The molecule has 1 saturated heterocycles. The second kappa shape index (κ2) is 7.56. The third-order valence-electron chi connectivity index (χ3n) is 3.88. The number of carbonyl (C=O) groups is 2. The van der Waals surface area contributed by atoms with Gasteiger partial charge in [-0.1, -0.05) is 0 Å². The van der Waals surface area contributed by atoms with Crippen LogP contribution in [0.25, 0.3) is 11.2 Å². The Balaban J connectivity index is 2.03. The monoisotopic (exact) mass is 429 g/mol. The van der Waals surface area contributed by atoms with Crippen molar-refractivity contribution in [3.8, 4) is 0 Å². The summed E-state index contributed by atoms with van der Waals surface area (Å²) in [7, 11) is 0. The van der Waals surface area contributed by atoms with Gasteiger partial charge in [0.1, 0.15) is 0 Å². The molecular weight excluding hydrogens is 409 g/mol. The molecule has 4 atom stereocenters. The standard InChI is InChI=1S/C15H19N5O5Se/c1-7(21)23-11-9(4-26-3)25-15(12(11)24-8(2)22)20-6-19-10-13(16)17-5-18-14(10)20/h5-6,9,11-12,15H,4H2,1-3H3,(H2,16,17,18)/t9-,11?,12+,15-/m1/s1. The van der Waals surface area contributed by atoms with Crippen LogP contribution < -0.4 is 5.73 Å². The third-order valence-corrected chi connectivity index (χ3v) is 5.27. The van der Waals surface area contributed by atoms with Gasteiger partial charge in [0.2, 0.25) is 0 Å². The van der Waals surface area contributed by atoms with E-state index >= 15 is 0 Å². The van der Waals surface area contributed by atoms with E-state index in [4.69, 9.17) is 19.9 Å². The molecule has 0 aliphatic carbocycles. The average Bonchev–Trinajstić information content (AvgIpc) is 3.12. The van der Waals surface area contributed by atoms with Crippen molar-refractivity contribution in [2.45, 2.75) is 49.5 Å². The third kappa shape index (κ3) is 3.50. The van der Waals surface area contributed by atoms with Crippen molar-refractivity contribution in [1.29, 1.82) is 0 Å². The van der Waals surface area contributed by atoms with Crippen molar-refractivity contribution in [2.75, 3.05) is 5.73 Å². The molecule has 3 heterocycles. The first-order valence-corrected chi connectivity index (χ1v) is 10.8. The molecule has 1 aliphatic rings. The molecule has 0 spiro atoms. The number of nitrogens with zero attached hydrogens (tertiary/aromatic N) is 4. The molecule has 140 valence electrons. The van der Waals surface area contributed by atoms with Crippen LogP contribution in [0, 0.1) is 0 Å². The topological polar surface area (TPSA) is 131 Å². The SMILES string of the molecule is C[Se]C[C@H]1O[C@@H](n2cnc3c(N)ncnc32)[C@@H](OC(C)=O)C1OC(C)=O. The number of nitrogens with two attached hydrogens (primary N) is 1. The molecule has 26 heavy (non-hydrogen) atoms. The molecule has 2 aromatic rings. The number of hydrogen-bond donors (Lipinski definition) is 1. The Morgan fingerprint density at radius 2 is 1.92 bits per heavy atom. The summed E-state index contributed by atoms with van der Waals surface area (Å²) < 4.78 is 18.6. The Morgan fingerprint density at radius 1 is 1.23 bits per heavy atom. The Hall–Kier alpha value is -2.23.